The van der Waals surface area contributed by atoms with Gasteiger partial charge in [-0.25, -0.2) is 0 Å². The van der Waals surface area contributed by atoms with Crippen molar-refractivity contribution in [2.75, 3.05) is 0 Å². The zero-order chi connectivity index (χ0) is 18.1. The molecule has 0 spiro atoms. The monoisotopic (exact) mass is 331 g/mol. The first-order chi connectivity index (χ1) is 11.0. The maximum atomic E-state index is 11.6. The van der Waals surface area contributed by atoms with Gasteiger partial charge in [0.2, 0.25) is 0 Å². The van der Waals surface area contributed by atoms with Gasteiger partial charge in [-0.15, -0.1) is 10.2 Å². The van der Waals surface area contributed by atoms with E-state index in [9.17, 15) is 19.8 Å². The van der Waals surface area contributed by atoms with Gasteiger partial charge in [0.1, 0.15) is 12.7 Å². The minimum absolute atomic E-state index is 0.430. The predicted octanol–water partition coefficient (Wildman–Crippen LogP) is 2.05. The van der Waals surface area contributed by atoms with Gasteiger partial charge in [-0.05, 0) is 44.4 Å². The molecule has 0 aliphatic rings. The van der Waals surface area contributed by atoms with Crippen LogP contribution in [0.5, 0.6) is 0 Å². The second-order valence-electron chi connectivity index (χ2n) is 6.91. The molecule has 2 N–H and O–H groups in total. The van der Waals surface area contributed by atoms with Crippen LogP contribution >= 0.6 is 0 Å². The molecule has 2 rings (SSSR count). The number of carboxylic acids is 2. The summed E-state index contributed by atoms with van der Waals surface area (Å²) in [5.41, 5.74) is -0.347. The fourth-order valence-electron chi connectivity index (χ4n) is 2.27. The average Bonchev–Trinajstić information content (AvgIpc) is 2.99. The SMILES string of the molecule is CC(C)(C(=O)O)c1cc(Cn2cnnc2)cc(C(C)(C)C(=O)O)c1. The quantitative estimate of drug-likeness (QED) is 0.839. The molecule has 1 heterocycles. The zero-order valence-electron chi connectivity index (χ0n) is 14.1. The molecule has 0 bridgehead atoms. The highest BCUT2D eigenvalue weighted by Gasteiger charge is 2.34. The van der Waals surface area contributed by atoms with Crippen LogP contribution < -0.4 is 0 Å². The van der Waals surface area contributed by atoms with Crippen LogP contribution in [-0.2, 0) is 27.0 Å². The Kier molecular flexibility index (Phi) is 4.46. The van der Waals surface area contributed by atoms with Crippen molar-refractivity contribution in [3.8, 4) is 0 Å². The van der Waals surface area contributed by atoms with Gasteiger partial charge in [-0.3, -0.25) is 9.59 Å². The Bertz CT molecular complexity index is 720. The van der Waals surface area contributed by atoms with Gasteiger partial charge in [0, 0.05) is 0 Å². The van der Waals surface area contributed by atoms with Crippen LogP contribution in [0.2, 0.25) is 0 Å². The maximum Gasteiger partial charge on any atom is 0.313 e. The number of carboxylic acid groups (broad SMARTS) is 2. The molecule has 0 amide bonds. The van der Waals surface area contributed by atoms with Gasteiger partial charge >= 0.3 is 11.9 Å². The Morgan fingerprint density at radius 2 is 1.33 bits per heavy atom. The fourth-order valence-corrected chi connectivity index (χ4v) is 2.27. The molecule has 1 aromatic heterocycles. The lowest BCUT2D eigenvalue weighted by Crippen LogP contribution is -2.32. The molecule has 128 valence electrons. The van der Waals surface area contributed by atoms with E-state index in [4.69, 9.17) is 0 Å². The second-order valence-corrected chi connectivity index (χ2v) is 6.91. The third-order valence-corrected chi connectivity index (χ3v) is 4.34. The Labute approximate surface area is 140 Å². The topological polar surface area (TPSA) is 105 Å². The summed E-state index contributed by atoms with van der Waals surface area (Å²) in [5, 5.41) is 26.5. The van der Waals surface area contributed by atoms with E-state index < -0.39 is 22.8 Å². The Morgan fingerprint density at radius 3 is 1.71 bits per heavy atom. The highest BCUT2D eigenvalue weighted by atomic mass is 16.4. The molecular formula is C17H21N3O4. The summed E-state index contributed by atoms with van der Waals surface area (Å²) in [7, 11) is 0. The molecule has 24 heavy (non-hydrogen) atoms. The lowest BCUT2D eigenvalue weighted by Gasteiger charge is -2.26. The van der Waals surface area contributed by atoms with Crippen LogP contribution in [0, 0.1) is 0 Å². The summed E-state index contributed by atoms with van der Waals surface area (Å²) in [4.78, 5) is 23.2. The molecular weight excluding hydrogens is 310 g/mol. The lowest BCUT2D eigenvalue weighted by atomic mass is 9.78. The van der Waals surface area contributed by atoms with Crippen molar-refractivity contribution < 1.29 is 19.8 Å². The van der Waals surface area contributed by atoms with Gasteiger partial charge in [-0.2, -0.15) is 0 Å². The smallest absolute Gasteiger partial charge is 0.313 e. The molecule has 0 fully saturated rings. The van der Waals surface area contributed by atoms with E-state index in [1.807, 2.05) is 0 Å². The van der Waals surface area contributed by atoms with Crippen LogP contribution in [0.25, 0.3) is 0 Å². The van der Waals surface area contributed by atoms with Gasteiger partial charge in [0.05, 0.1) is 17.4 Å². The minimum atomic E-state index is -1.13. The van der Waals surface area contributed by atoms with Crippen molar-refractivity contribution in [1.82, 2.24) is 14.8 Å². The van der Waals surface area contributed by atoms with E-state index in [-0.39, 0.29) is 0 Å². The van der Waals surface area contributed by atoms with Crippen molar-refractivity contribution in [2.45, 2.75) is 45.1 Å². The molecule has 0 radical (unpaired) electrons. The largest absolute Gasteiger partial charge is 0.481 e. The molecule has 7 heteroatoms. The number of benzene rings is 1. The number of rotatable bonds is 6. The first kappa shape index (κ1) is 17.7. The number of hydrogen-bond donors (Lipinski definition) is 2. The number of hydrogen-bond acceptors (Lipinski definition) is 4. The number of carbonyl (C=O) groups is 2. The van der Waals surface area contributed by atoms with Gasteiger partial charge in [0.15, 0.2) is 0 Å². The fraction of sp³-hybridized carbons (Fsp3) is 0.412. The van der Waals surface area contributed by atoms with Crippen LogP contribution in [0.1, 0.15) is 44.4 Å². The van der Waals surface area contributed by atoms with Crippen LogP contribution in [-0.4, -0.2) is 36.9 Å². The number of nitrogens with zero attached hydrogens (tertiary/aromatic N) is 3. The Morgan fingerprint density at radius 1 is 0.917 bits per heavy atom. The second kappa shape index (κ2) is 6.07. The first-order valence-corrected chi connectivity index (χ1v) is 7.49. The van der Waals surface area contributed by atoms with E-state index in [0.717, 1.165) is 5.56 Å². The van der Waals surface area contributed by atoms with Gasteiger partial charge in [0.25, 0.3) is 0 Å². The molecule has 1 aromatic carbocycles. The molecule has 0 aliphatic carbocycles. The summed E-state index contributed by atoms with van der Waals surface area (Å²) in [6, 6.07) is 5.24. The van der Waals surface area contributed by atoms with E-state index >= 15 is 0 Å². The molecule has 0 aliphatic heterocycles. The van der Waals surface area contributed by atoms with E-state index in [0.29, 0.717) is 17.7 Å². The first-order valence-electron chi connectivity index (χ1n) is 7.49. The summed E-state index contributed by atoms with van der Waals surface area (Å²) in [6.07, 6.45) is 3.11. The van der Waals surface area contributed by atoms with Crippen LogP contribution in [0.15, 0.2) is 30.9 Å². The summed E-state index contributed by atoms with van der Waals surface area (Å²) in [5.74, 6) is -1.94. The molecule has 7 nitrogen and oxygen atoms in total. The summed E-state index contributed by atoms with van der Waals surface area (Å²) < 4.78 is 1.74. The van der Waals surface area contributed by atoms with E-state index in [1.54, 1.807) is 63.1 Å². The van der Waals surface area contributed by atoms with Crippen molar-refractivity contribution in [1.29, 1.82) is 0 Å². The lowest BCUT2D eigenvalue weighted by molar-refractivity contribution is -0.143. The number of aromatic nitrogens is 3. The predicted molar refractivity (Wildman–Crippen MR) is 86.9 cm³/mol. The highest BCUT2D eigenvalue weighted by Crippen LogP contribution is 2.31. The molecule has 0 saturated heterocycles. The van der Waals surface area contributed by atoms with Gasteiger partial charge in [-0.1, -0.05) is 18.2 Å². The standard InChI is InChI=1S/C17H21N3O4/c1-16(2,14(21)22)12-5-11(8-20-9-18-19-10-20)6-13(7-12)17(3,4)15(23)24/h5-7,9-10H,8H2,1-4H3,(H,21,22)(H,23,24). The van der Waals surface area contributed by atoms with E-state index in [1.165, 1.54) is 0 Å². The third kappa shape index (κ3) is 3.29. The van der Waals surface area contributed by atoms with Crippen molar-refractivity contribution in [3.05, 3.63) is 47.5 Å². The van der Waals surface area contributed by atoms with Gasteiger partial charge < -0.3 is 14.8 Å². The minimum Gasteiger partial charge on any atom is -0.481 e. The average molecular weight is 331 g/mol. The van der Waals surface area contributed by atoms with Crippen molar-refractivity contribution in [2.24, 2.45) is 0 Å². The molecule has 0 saturated carbocycles. The summed E-state index contributed by atoms with van der Waals surface area (Å²) in [6.45, 7) is 6.84. The van der Waals surface area contributed by atoms with Crippen LogP contribution in [0.3, 0.4) is 0 Å². The highest BCUT2D eigenvalue weighted by molar-refractivity contribution is 5.82. The van der Waals surface area contributed by atoms with Crippen molar-refractivity contribution >= 4 is 11.9 Å². The maximum absolute atomic E-state index is 11.6. The molecule has 0 unspecified atom stereocenters. The normalized spacial score (nSPS) is 12.2. The van der Waals surface area contributed by atoms with E-state index in [2.05, 4.69) is 10.2 Å². The molecule has 2 aromatic rings. The van der Waals surface area contributed by atoms with Crippen molar-refractivity contribution in [3.63, 3.8) is 0 Å². The third-order valence-electron chi connectivity index (χ3n) is 4.34. The van der Waals surface area contributed by atoms with Crippen LogP contribution in [0.4, 0.5) is 0 Å². The zero-order valence-corrected chi connectivity index (χ0v) is 14.1. The number of aliphatic carboxylic acids is 2. The Balaban J connectivity index is 2.59. The summed E-state index contributed by atoms with van der Waals surface area (Å²) >= 11 is 0. The molecule has 0 atom stereocenters. The Hall–Kier alpha value is -2.70.